The van der Waals surface area contributed by atoms with Crippen molar-refractivity contribution in [3.05, 3.63) is 81.9 Å². The Morgan fingerprint density at radius 1 is 1.15 bits per heavy atom. The maximum atomic E-state index is 14.0. The van der Waals surface area contributed by atoms with E-state index in [1.165, 1.54) is 30.2 Å². The molecule has 0 fully saturated rings. The van der Waals surface area contributed by atoms with Crippen molar-refractivity contribution in [2.75, 3.05) is 20.3 Å². The fourth-order valence-corrected chi connectivity index (χ4v) is 2.77. The summed E-state index contributed by atoms with van der Waals surface area (Å²) >= 11 is 0. The number of hydrogen-bond donors (Lipinski definition) is 1. The molecule has 3 aromatic rings. The van der Waals surface area contributed by atoms with Crippen LogP contribution in [0.1, 0.15) is 15.9 Å². The monoisotopic (exact) mass is 354 g/mol. The standard InChI is InChI=1S/C20H19FN2O3/c1-26-11-10-23(20(25)16-7-3-4-8-17(16)21)13-15-12-14-6-2-5-9-18(14)22-19(15)24/h2-9,12H,10-11,13H2,1H3,(H,22,24). The van der Waals surface area contributed by atoms with Crippen molar-refractivity contribution >= 4 is 16.8 Å². The van der Waals surface area contributed by atoms with E-state index in [4.69, 9.17) is 4.74 Å². The number of carbonyl (C=O) groups excluding carboxylic acids is 1. The average Bonchev–Trinajstić information content (AvgIpc) is 2.65. The van der Waals surface area contributed by atoms with Crippen molar-refractivity contribution in [3.63, 3.8) is 0 Å². The molecular weight excluding hydrogens is 335 g/mol. The van der Waals surface area contributed by atoms with Gasteiger partial charge in [0, 0.05) is 24.7 Å². The third kappa shape index (κ3) is 3.81. The summed E-state index contributed by atoms with van der Waals surface area (Å²) in [5.41, 5.74) is 0.864. The molecule has 2 aromatic carbocycles. The van der Waals surface area contributed by atoms with Gasteiger partial charge in [0.15, 0.2) is 0 Å². The van der Waals surface area contributed by atoms with E-state index in [0.717, 1.165) is 10.9 Å². The summed E-state index contributed by atoms with van der Waals surface area (Å²) in [6.07, 6.45) is 0. The van der Waals surface area contributed by atoms with Crippen molar-refractivity contribution in [3.8, 4) is 0 Å². The summed E-state index contributed by atoms with van der Waals surface area (Å²) in [5.74, 6) is -1.07. The average molecular weight is 354 g/mol. The van der Waals surface area contributed by atoms with Crippen LogP contribution in [0.4, 0.5) is 4.39 Å². The molecule has 0 radical (unpaired) electrons. The molecule has 0 aliphatic heterocycles. The minimum atomic E-state index is -0.590. The van der Waals surface area contributed by atoms with Crippen LogP contribution in [0.3, 0.4) is 0 Å². The van der Waals surface area contributed by atoms with Crippen molar-refractivity contribution in [2.45, 2.75) is 6.54 Å². The second-order valence-electron chi connectivity index (χ2n) is 5.91. The van der Waals surface area contributed by atoms with E-state index >= 15 is 0 Å². The largest absolute Gasteiger partial charge is 0.383 e. The Morgan fingerprint density at radius 2 is 1.88 bits per heavy atom. The van der Waals surface area contributed by atoms with Crippen LogP contribution in [0.5, 0.6) is 0 Å². The van der Waals surface area contributed by atoms with Gasteiger partial charge in [-0.3, -0.25) is 9.59 Å². The molecule has 0 unspecified atom stereocenters. The lowest BCUT2D eigenvalue weighted by Gasteiger charge is -2.22. The van der Waals surface area contributed by atoms with Gasteiger partial charge in [-0.05, 0) is 29.7 Å². The minimum absolute atomic E-state index is 0.0270. The predicted molar refractivity (Wildman–Crippen MR) is 97.6 cm³/mol. The Bertz CT molecular complexity index is 984. The highest BCUT2D eigenvalue weighted by Crippen LogP contribution is 2.15. The second kappa shape index (κ2) is 7.93. The van der Waals surface area contributed by atoms with E-state index in [1.54, 1.807) is 12.1 Å². The second-order valence-corrected chi connectivity index (χ2v) is 5.91. The topological polar surface area (TPSA) is 62.4 Å². The minimum Gasteiger partial charge on any atom is -0.383 e. The van der Waals surface area contributed by atoms with E-state index in [0.29, 0.717) is 5.56 Å². The normalized spacial score (nSPS) is 10.8. The SMILES string of the molecule is COCCN(Cc1cc2ccccc2[nH]c1=O)C(=O)c1ccccc1F. The first-order valence-electron chi connectivity index (χ1n) is 8.24. The van der Waals surface area contributed by atoms with Gasteiger partial charge in [-0.2, -0.15) is 0 Å². The number of halogens is 1. The van der Waals surface area contributed by atoms with E-state index in [-0.39, 0.29) is 30.8 Å². The van der Waals surface area contributed by atoms with E-state index < -0.39 is 11.7 Å². The quantitative estimate of drug-likeness (QED) is 0.740. The van der Waals surface area contributed by atoms with Gasteiger partial charge >= 0.3 is 0 Å². The Morgan fingerprint density at radius 3 is 2.65 bits per heavy atom. The first-order chi connectivity index (χ1) is 12.6. The van der Waals surface area contributed by atoms with Crippen LogP contribution in [0.2, 0.25) is 0 Å². The number of rotatable bonds is 6. The first kappa shape index (κ1) is 17.8. The molecule has 26 heavy (non-hydrogen) atoms. The smallest absolute Gasteiger partial charge is 0.257 e. The van der Waals surface area contributed by atoms with Crippen molar-refractivity contribution in [2.24, 2.45) is 0 Å². The summed E-state index contributed by atoms with van der Waals surface area (Å²) in [7, 11) is 1.52. The van der Waals surface area contributed by atoms with Gasteiger partial charge in [0.05, 0.1) is 18.7 Å². The molecule has 1 amide bonds. The number of benzene rings is 2. The van der Waals surface area contributed by atoms with Crippen molar-refractivity contribution < 1.29 is 13.9 Å². The molecule has 1 aromatic heterocycles. The fraction of sp³-hybridized carbons (Fsp3) is 0.200. The molecule has 0 aliphatic rings. The lowest BCUT2D eigenvalue weighted by atomic mass is 10.1. The molecule has 3 rings (SSSR count). The van der Waals surface area contributed by atoms with Crippen LogP contribution in [0, 0.1) is 5.82 Å². The van der Waals surface area contributed by atoms with Crippen LogP contribution in [0.25, 0.3) is 10.9 Å². The number of hydrogen-bond acceptors (Lipinski definition) is 3. The zero-order valence-corrected chi connectivity index (χ0v) is 14.4. The van der Waals surface area contributed by atoms with Crippen LogP contribution in [-0.2, 0) is 11.3 Å². The highest BCUT2D eigenvalue weighted by atomic mass is 19.1. The van der Waals surface area contributed by atoms with Gasteiger partial charge < -0.3 is 14.6 Å². The Hall–Kier alpha value is -2.99. The van der Waals surface area contributed by atoms with Crippen molar-refractivity contribution in [1.82, 2.24) is 9.88 Å². The Labute approximate surface area is 150 Å². The lowest BCUT2D eigenvalue weighted by Crippen LogP contribution is -2.35. The Kier molecular flexibility index (Phi) is 5.43. The number of pyridine rings is 1. The first-order valence-corrected chi connectivity index (χ1v) is 8.24. The van der Waals surface area contributed by atoms with E-state index in [1.807, 2.05) is 24.3 Å². The number of amides is 1. The number of aromatic nitrogens is 1. The van der Waals surface area contributed by atoms with Crippen molar-refractivity contribution in [1.29, 1.82) is 0 Å². The number of carbonyl (C=O) groups is 1. The molecule has 0 spiro atoms. The molecule has 1 N–H and O–H groups in total. The molecular formula is C20H19FN2O3. The predicted octanol–water partition coefficient (Wildman–Crippen LogP) is 2.96. The molecule has 134 valence electrons. The number of nitrogens with one attached hydrogen (secondary N) is 1. The number of para-hydroxylation sites is 1. The third-order valence-electron chi connectivity index (χ3n) is 4.15. The summed E-state index contributed by atoms with van der Waals surface area (Å²) in [5, 5.41) is 0.868. The third-order valence-corrected chi connectivity index (χ3v) is 4.15. The number of nitrogens with zero attached hydrogens (tertiary/aromatic N) is 1. The lowest BCUT2D eigenvalue weighted by molar-refractivity contribution is 0.0675. The number of ether oxygens (including phenoxy) is 1. The van der Waals surface area contributed by atoms with Crippen LogP contribution < -0.4 is 5.56 Å². The fourth-order valence-electron chi connectivity index (χ4n) is 2.77. The van der Waals surface area contributed by atoms with Crippen LogP contribution in [-0.4, -0.2) is 36.1 Å². The molecule has 0 bridgehead atoms. The highest BCUT2D eigenvalue weighted by molar-refractivity contribution is 5.94. The number of aromatic amines is 1. The summed E-state index contributed by atoms with van der Waals surface area (Å²) in [4.78, 5) is 29.4. The van der Waals surface area contributed by atoms with Gasteiger partial charge in [-0.15, -0.1) is 0 Å². The Balaban J connectivity index is 1.94. The van der Waals surface area contributed by atoms with Crippen LogP contribution in [0.15, 0.2) is 59.4 Å². The molecule has 6 heteroatoms. The summed E-state index contributed by atoms with van der Waals surface area (Å²) in [6, 6.07) is 15.0. The van der Waals surface area contributed by atoms with E-state index in [9.17, 15) is 14.0 Å². The van der Waals surface area contributed by atoms with Crippen LogP contribution >= 0.6 is 0 Å². The van der Waals surface area contributed by atoms with E-state index in [2.05, 4.69) is 4.98 Å². The van der Waals surface area contributed by atoms with Gasteiger partial charge in [0.2, 0.25) is 0 Å². The van der Waals surface area contributed by atoms with Gasteiger partial charge in [-0.25, -0.2) is 4.39 Å². The number of methoxy groups -OCH3 is 1. The van der Waals surface area contributed by atoms with Gasteiger partial charge in [-0.1, -0.05) is 30.3 Å². The highest BCUT2D eigenvalue weighted by Gasteiger charge is 2.20. The molecule has 0 atom stereocenters. The summed E-state index contributed by atoms with van der Waals surface area (Å²) in [6.45, 7) is 0.596. The number of H-pyrrole nitrogens is 1. The number of fused-ring (bicyclic) bond motifs is 1. The van der Waals surface area contributed by atoms with Gasteiger partial charge in [0.25, 0.3) is 11.5 Å². The zero-order chi connectivity index (χ0) is 18.5. The zero-order valence-electron chi connectivity index (χ0n) is 14.4. The molecule has 0 saturated carbocycles. The summed E-state index contributed by atoms with van der Waals surface area (Å²) < 4.78 is 19.1. The molecule has 1 heterocycles. The molecule has 0 aliphatic carbocycles. The molecule has 0 saturated heterocycles. The molecule has 5 nitrogen and oxygen atoms in total. The van der Waals surface area contributed by atoms with Gasteiger partial charge in [0.1, 0.15) is 5.82 Å². The maximum Gasteiger partial charge on any atom is 0.257 e. The maximum absolute atomic E-state index is 14.0.